The lowest BCUT2D eigenvalue weighted by molar-refractivity contribution is 0.102. The third-order valence-electron chi connectivity index (χ3n) is 3.93. The standard InChI is InChI=1S/C21H21N3O3/c1-2-11-24-14-18(8-9-20(24)25)23-21(26)17-6-3-7-19(12-17)27-15-16-5-4-10-22-13-16/h3-10,12-14H,2,11,15H2,1H3,(H,23,26). The Morgan fingerprint density at radius 3 is 2.85 bits per heavy atom. The predicted octanol–water partition coefficient (Wildman–Crippen LogP) is 3.48. The van der Waals surface area contributed by atoms with Gasteiger partial charge in [-0.2, -0.15) is 0 Å². The van der Waals surface area contributed by atoms with Gasteiger partial charge in [0.05, 0.1) is 5.69 Å². The van der Waals surface area contributed by atoms with Crippen molar-refractivity contribution < 1.29 is 9.53 Å². The van der Waals surface area contributed by atoms with Gasteiger partial charge in [0, 0.05) is 42.3 Å². The maximum absolute atomic E-state index is 12.5. The van der Waals surface area contributed by atoms with Crippen molar-refractivity contribution in [2.75, 3.05) is 5.32 Å². The lowest BCUT2D eigenvalue weighted by Gasteiger charge is -2.10. The molecule has 0 fully saturated rings. The Morgan fingerprint density at radius 1 is 1.19 bits per heavy atom. The average Bonchev–Trinajstić information content (AvgIpc) is 2.70. The third kappa shape index (κ3) is 5.04. The highest BCUT2D eigenvalue weighted by Crippen LogP contribution is 2.16. The Balaban J connectivity index is 1.68. The molecule has 0 radical (unpaired) electrons. The molecule has 3 aromatic rings. The molecule has 1 aromatic carbocycles. The zero-order valence-corrected chi connectivity index (χ0v) is 15.1. The van der Waals surface area contributed by atoms with Crippen molar-refractivity contribution in [3.05, 3.63) is 88.6 Å². The highest BCUT2D eigenvalue weighted by molar-refractivity contribution is 6.04. The maximum atomic E-state index is 12.5. The first-order chi connectivity index (χ1) is 13.2. The quantitative estimate of drug-likeness (QED) is 0.697. The van der Waals surface area contributed by atoms with Gasteiger partial charge in [-0.25, -0.2) is 0 Å². The van der Waals surface area contributed by atoms with E-state index >= 15 is 0 Å². The van der Waals surface area contributed by atoms with Gasteiger partial charge in [-0.05, 0) is 36.8 Å². The summed E-state index contributed by atoms with van der Waals surface area (Å²) in [7, 11) is 0. The smallest absolute Gasteiger partial charge is 0.255 e. The number of amides is 1. The average molecular weight is 363 g/mol. The number of pyridine rings is 2. The van der Waals surface area contributed by atoms with E-state index in [9.17, 15) is 9.59 Å². The number of anilines is 1. The van der Waals surface area contributed by atoms with Crippen LogP contribution in [0.3, 0.4) is 0 Å². The molecule has 138 valence electrons. The second-order valence-corrected chi connectivity index (χ2v) is 6.08. The van der Waals surface area contributed by atoms with Crippen molar-refractivity contribution in [2.45, 2.75) is 26.5 Å². The van der Waals surface area contributed by atoms with Crippen LogP contribution in [0.4, 0.5) is 5.69 Å². The van der Waals surface area contributed by atoms with Crippen LogP contribution in [0.15, 0.2) is 71.9 Å². The number of hydrogen-bond acceptors (Lipinski definition) is 4. The molecule has 0 saturated heterocycles. The summed E-state index contributed by atoms with van der Waals surface area (Å²) >= 11 is 0. The lowest BCUT2D eigenvalue weighted by atomic mass is 10.2. The van der Waals surface area contributed by atoms with Gasteiger partial charge in [-0.1, -0.05) is 19.1 Å². The molecule has 27 heavy (non-hydrogen) atoms. The fourth-order valence-corrected chi connectivity index (χ4v) is 2.60. The molecule has 0 bridgehead atoms. The molecule has 1 N–H and O–H groups in total. The highest BCUT2D eigenvalue weighted by Gasteiger charge is 2.08. The predicted molar refractivity (Wildman–Crippen MR) is 104 cm³/mol. The first-order valence-corrected chi connectivity index (χ1v) is 8.79. The summed E-state index contributed by atoms with van der Waals surface area (Å²) in [6, 6.07) is 13.8. The molecular weight excluding hydrogens is 342 g/mol. The molecule has 6 heteroatoms. The van der Waals surface area contributed by atoms with Crippen molar-refractivity contribution in [3.63, 3.8) is 0 Å². The zero-order valence-electron chi connectivity index (χ0n) is 15.1. The number of rotatable bonds is 7. The van der Waals surface area contributed by atoms with E-state index in [0.717, 1.165) is 12.0 Å². The number of aromatic nitrogens is 2. The van der Waals surface area contributed by atoms with Gasteiger partial charge in [-0.15, -0.1) is 0 Å². The first kappa shape index (κ1) is 18.4. The molecule has 0 aliphatic carbocycles. The molecule has 0 spiro atoms. The minimum Gasteiger partial charge on any atom is -0.489 e. The van der Waals surface area contributed by atoms with Crippen LogP contribution < -0.4 is 15.6 Å². The maximum Gasteiger partial charge on any atom is 0.255 e. The molecule has 1 amide bonds. The number of nitrogens with zero attached hydrogens (tertiary/aromatic N) is 2. The van der Waals surface area contributed by atoms with E-state index in [1.54, 1.807) is 53.5 Å². The van der Waals surface area contributed by atoms with Crippen LogP contribution in [0, 0.1) is 0 Å². The highest BCUT2D eigenvalue weighted by atomic mass is 16.5. The fourth-order valence-electron chi connectivity index (χ4n) is 2.60. The molecule has 0 aliphatic rings. The van der Waals surface area contributed by atoms with Crippen molar-refractivity contribution in [3.8, 4) is 5.75 Å². The Bertz CT molecular complexity index is 968. The summed E-state index contributed by atoms with van der Waals surface area (Å²) in [6.07, 6.45) is 5.94. The van der Waals surface area contributed by atoms with E-state index < -0.39 is 0 Å². The largest absolute Gasteiger partial charge is 0.489 e. The van der Waals surface area contributed by atoms with Crippen LogP contribution in [0.2, 0.25) is 0 Å². The number of carbonyl (C=O) groups excluding carboxylic acids is 1. The fraction of sp³-hybridized carbons (Fsp3) is 0.190. The number of ether oxygens (including phenoxy) is 1. The van der Waals surface area contributed by atoms with E-state index in [1.807, 2.05) is 19.1 Å². The van der Waals surface area contributed by atoms with E-state index in [-0.39, 0.29) is 11.5 Å². The van der Waals surface area contributed by atoms with Crippen LogP contribution in [-0.4, -0.2) is 15.5 Å². The van der Waals surface area contributed by atoms with Crippen LogP contribution in [0.25, 0.3) is 0 Å². The first-order valence-electron chi connectivity index (χ1n) is 8.79. The molecule has 0 aliphatic heterocycles. The number of benzene rings is 1. The van der Waals surface area contributed by atoms with E-state index in [2.05, 4.69) is 10.3 Å². The molecular formula is C21H21N3O3. The molecule has 0 atom stereocenters. The minimum absolute atomic E-state index is 0.0827. The second-order valence-electron chi connectivity index (χ2n) is 6.08. The summed E-state index contributed by atoms with van der Waals surface area (Å²) in [4.78, 5) is 28.4. The number of carbonyl (C=O) groups is 1. The minimum atomic E-state index is -0.261. The van der Waals surface area contributed by atoms with Crippen molar-refractivity contribution >= 4 is 11.6 Å². The molecule has 2 heterocycles. The van der Waals surface area contributed by atoms with Crippen molar-refractivity contribution in [1.82, 2.24) is 9.55 Å². The Morgan fingerprint density at radius 2 is 2.07 bits per heavy atom. The topological polar surface area (TPSA) is 73.2 Å². The number of hydrogen-bond donors (Lipinski definition) is 1. The molecule has 2 aromatic heterocycles. The summed E-state index contributed by atoms with van der Waals surface area (Å²) in [5.74, 6) is 0.339. The second kappa shape index (κ2) is 8.80. The van der Waals surface area contributed by atoms with E-state index in [1.165, 1.54) is 6.07 Å². The van der Waals surface area contributed by atoms with Gasteiger partial charge in [-0.3, -0.25) is 14.6 Å². The molecule has 0 unspecified atom stereocenters. The van der Waals surface area contributed by atoms with Gasteiger partial charge in [0.1, 0.15) is 12.4 Å². The van der Waals surface area contributed by atoms with Crippen molar-refractivity contribution in [1.29, 1.82) is 0 Å². The van der Waals surface area contributed by atoms with Crippen LogP contribution in [0.5, 0.6) is 5.75 Å². The number of aryl methyl sites for hydroxylation is 1. The van der Waals surface area contributed by atoms with Gasteiger partial charge in [0.25, 0.3) is 11.5 Å². The van der Waals surface area contributed by atoms with Crippen molar-refractivity contribution in [2.24, 2.45) is 0 Å². The number of nitrogens with one attached hydrogen (secondary N) is 1. The Labute approximate surface area is 157 Å². The summed E-state index contributed by atoms with van der Waals surface area (Å²) in [5, 5.41) is 2.82. The summed E-state index contributed by atoms with van der Waals surface area (Å²) in [6.45, 7) is 2.98. The van der Waals surface area contributed by atoms with Gasteiger partial charge in [0.2, 0.25) is 0 Å². The molecule has 0 saturated carbocycles. The Hall–Kier alpha value is -3.41. The van der Waals surface area contributed by atoms with Crippen LogP contribution >= 0.6 is 0 Å². The van der Waals surface area contributed by atoms with Crippen LogP contribution in [0.1, 0.15) is 29.3 Å². The van der Waals surface area contributed by atoms with Crippen LogP contribution in [-0.2, 0) is 13.2 Å². The Kier molecular flexibility index (Phi) is 5.99. The van der Waals surface area contributed by atoms with E-state index in [4.69, 9.17) is 4.74 Å². The molecule has 6 nitrogen and oxygen atoms in total. The zero-order chi connectivity index (χ0) is 19.1. The normalized spacial score (nSPS) is 10.4. The molecule has 3 rings (SSSR count). The summed E-state index contributed by atoms with van der Waals surface area (Å²) < 4.78 is 7.32. The van der Waals surface area contributed by atoms with Gasteiger partial charge in [0.15, 0.2) is 0 Å². The van der Waals surface area contributed by atoms with E-state index in [0.29, 0.717) is 30.2 Å². The van der Waals surface area contributed by atoms with Gasteiger partial charge < -0.3 is 14.6 Å². The monoisotopic (exact) mass is 363 g/mol. The van der Waals surface area contributed by atoms with Gasteiger partial charge >= 0.3 is 0 Å². The summed E-state index contributed by atoms with van der Waals surface area (Å²) in [5.41, 5.74) is 1.92. The third-order valence-corrected chi connectivity index (χ3v) is 3.93. The SMILES string of the molecule is CCCn1cc(NC(=O)c2cccc(OCc3cccnc3)c2)ccc1=O. The lowest BCUT2D eigenvalue weighted by Crippen LogP contribution is -2.20.